The molecule has 1 aromatic heterocycles. The molecule has 104 valence electrons. The first-order valence-corrected chi connectivity index (χ1v) is 7.43. The molecule has 2 aromatic rings. The molecule has 7 heteroatoms. The number of nitrogens with zero attached hydrogens (tertiary/aromatic N) is 1. The summed E-state index contributed by atoms with van der Waals surface area (Å²) in [5.41, 5.74) is 1.44. The van der Waals surface area contributed by atoms with Crippen LogP contribution in [0.25, 0.3) is 11.8 Å². The third kappa shape index (κ3) is 3.80. The number of hydrogen-bond donors (Lipinski definition) is 2. The fraction of sp³-hybridized carbons (Fsp3) is 0. The average molecular weight is 422 g/mol. The third-order valence-electron chi connectivity index (χ3n) is 2.38. The topological polar surface area (TPSA) is 24.9 Å². The summed E-state index contributed by atoms with van der Waals surface area (Å²) in [5.74, 6) is -1.29. The van der Waals surface area contributed by atoms with Crippen molar-refractivity contribution in [2.45, 2.75) is 0 Å². The van der Waals surface area contributed by atoms with Gasteiger partial charge in [0, 0.05) is 10.5 Å². The van der Waals surface area contributed by atoms with Gasteiger partial charge in [0.25, 0.3) is 0 Å². The molecule has 0 aliphatic rings. The van der Waals surface area contributed by atoms with Crippen molar-refractivity contribution in [1.29, 1.82) is 0 Å². The van der Waals surface area contributed by atoms with Gasteiger partial charge in [0.05, 0.1) is 5.70 Å². The van der Waals surface area contributed by atoms with Gasteiger partial charge in [0.2, 0.25) is 0 Å². The Bertz CT molecular complexity index is 657. The highest BCUT2D eigenvalue weighted by Crippen LogP contribution is 2.25. The first-order valence-electron chi connectivity index (χ1n) is 5.40. The minimum absolute atomic E-state index is 0.368. The van der Waals surface area contributed by atoms with Crippen molar-refractivity contribution in [3.63, 3.8) is 0 Å². The van der Waals surface area contributed by atoms with E-state index < -0.39 is 11.6 Å². The van der Waals surface area contributed by atoms with E-state index in [1.165, 1.54) is 12.1 Å². The van der Waals surface area contributed by atoms with Crippen LogP contribution in [0.15, 0.2) is 39.4 Å². The predicted octanol–water partition coefficient (Wildman–Crippen LogP) is 4.82. The molecule has 0 amide bonds. The van der Waals surface area contributed by atoms with Gasteiger partial charge in [0.1, 0.15) is 21.9 Å². The van der Waals surface area contributed by atoms with Crippen molar-refractivity contribution < 1.29 is 8.78 Å². The molecule has 1 heterocycles. The molecule has 0 aliphatic heterocycles. The van der Waals surface area contributed by atoms with E-state index in [0.29, 0.717) is 21.6 Å². The van der Waals surface area contributed by atoms with Crippen molar-refractivity contribution >= 4 is 56.4 Å². The van der Waals surface area contributed by atoms with Gasteiger partial charge in [-0.05, 0) is 67.8 Å². The Morgan fingerprint density at radius 3 is 2.40 bits per heavy atom. The number of benzene rings is 1. The minimum atomic E-state index is -0.643. The van der Waals surface area contributed by atoms with E-state index in [2.05, 4.69) is 54.4 Å². The van der Waals surface area contributed by atoms with Crippen LogP contribution in [0.5, 0.6) is 0 Å². The fourth-order valence-corrected chi connectivity index (χ4v) is 2.50. The van der Waals surface area contributed by atoms with E-state index in [0.717, 1.165) is 10.5 Å². The van der Waals surface area contributed by atoms with Gasteiger partial charge in [-0.3, -0.25) is 0 Å². The molecule has 0 radical (unpaired) electrons. The SMILES string of the molecule is Fc1cc(F)cc(/C=C(\NS)c2nc(Br)ccc2Br)c1. The number of rotatable bonds is 3. The maximum absolute atomic E-state index is 13.2. The summed E-state index contributed by atoms with van der Waals surface area (Å²) in [7, 11) is 0. The van der Waals surface area contributed by atoms with E-state index in [9.17, 15) is 8.78 Å². The second-order valence-electron chi connectivity index (χ2n) is 3.84. The van der Waals surface area contributed by atoms with Crippen LogP contribution < -0.4 is 4.72 Å². The van der Waals surface area contributed by atoms with Gasteiger partial charge in [-0.15, -0.1) is 0 Å². The lowest BCUT2D eigenvalue weighted by molar-refractivity contribution is 0.583. The molecule has 0 fully saturated rings. The number of nitrogens with one attached hydrogen (secondary N) is 1. The molecular weight excluding hydrogens is 414 g/mol. The summed E-state index contributed by atoms with van der Waals surface area (Å²) in [6.07, 6.45) is 1.55. The van der Waals surface area contributed by atoms with E-state index in [1.54, 1.807) is 18.2 Å². The van der Waals surface area contributed by atoms with Crippen molar-refractivity contribution in [2.24, 2.45) is 0 Å². The highest BCUT2D eigenvalue weighted by atomic mass is 79.9. The van der Waals surface area contributed by atoms with Crippen molar-refractivity contribution in [3.05, 3.63) is 62.3 Å². The largest absolute Gasteiger partial charge is 0.330 e. The smallest absolute Gasteiger partial charge is 0.126 e. The second kappa shape index (κ2) is 6.69. The van der Waals surface area contributed by atoms with E-state index >= 15 is 0 Å². The second-order valence-corrected chi connectivity index (χ2v) is 5.73. The molecule has 0 bridgehead atoms. The zero-order chi connectivity index (χ0) is 14.7. The Hall–Kier alpha value is -0.920. The number of hydrogen-bond acceptors (Lipinski definition) is 3. The monoisotopic (exact) mass is 420 g/mol. The molecule has 2 rings (SSSR count). The van der Waals surface area contributed by atoms with Crippen molar-refractivity contribution in [3.8, 4) is 0 Å². The zero-order valence-electron chi connectivity index (χ0n) is 9.87. The Morgan fingerprint density at radius 2 is 1.80 bits per heavy atom. The first-order chi connectivity index (χ1) is 9.49. The number of thiol groups is 1. The Labute approximate surface area is 137 Å². The standard InChI is InChI=1S/C13H8Br2F2N2S/c14-10-1-2-12(15)18-13(10)11(19-20)5-7-3-8(16)6-9(17)4-7/h1-6,19-20H/b11-5-. The lowest BCUT2D eigenvalue weighted by Crippen LogP contribution is -2.02. The van der Waals surface area contributed by atoms with Crippen LogP contribution in [0, 0.1) is 11.6 Å². The summed E-state index contributed by atoms with van der Waals surface area (Å²) in [6.45, 7) is 0. The maximum Gasteiger partial charge on any atom is 0.126 e. The summed E-state index contributed by atoms with van der Waals surface area (Å²) < 4.78 is 30.4. The Balaban J connectivity index is 2.50. The molecule has 0 unspecified atom stereocenters. The highest BCUT2D eigenvalue weighted by molar-refractivity contribution is 9.11. The van der Waals surface area contributed by atoms with Crippen LogP contribution in [0.4, 0.5) is 8.78 Å². The number of aromatic nitrogens is 1. The molecule has 0 saturated carbocycles. The summed E-state index contributed by atoms with van der Waals surface area (Å²) in [4.78, 5) is 4.29. The lowest BCUT2D eigenvalue weighted by Gasteiger charge is -2.08. The molecule has 0 spiro atoms. The first kappa shape index (κ1) is 15.5. The van der Waals surface area contributed by atoms with Gasteiger partial charge in [-0.25, -0.2) is 13.8 Å². The van der Waals surface area contributed by atoms with Gasteiger partial charge in [0.15, 0.2) is 0 Å². The minimum Gasteiger partial charge on any atom is -0.330 e. The molecule has 0 aliphatic carbocycles. The summed E-state index contributed by atoms with van der Waals surface area (Å²) in [6, 6.07) is 6.84. The molecule has 0 atom stereocenters. The van der Waals surface area contributed by atoms with Gasteiger partial charge >= 0.3 is 0 Å². The van der Waals surface area contributed by atoms with Crippen LogP contribution >= 0.6 is 44.7 Å². The van der Waals surface area contributed by atoms with E-state index in [-0.39, 0.29) is 0 Å². The van der Waals surface area contributed by atoms with Crippen LogP contribution in [0.1, 0.15) is 11.3 Å². The molecule has 20 heavy (non-hydrogen) atoms. The van der Waals surface area contributed by atoms with Gasteiger partial charge < -0.3 is 4.72 Å². The van der Waals surface area contributed by atoms with Gasteiger partial charge in [-0.1, -0.05) is 12.8 Å². The van der Waals surface area contributed by atoms with Crippen LogP contribution in [-0.4, -0.2) is 4.98 Å². The van der Waals surface area contributed by atoms with Crippen LogP contribution in [-0.2, 0) is 0 Å². The molecule has 1 N–H and O–H groups in total. The number of halogens is 4. The van der Waals surface area contributed by atoms with Gasteiger partial charge in [-0.2, -0.15) is 0 Å². The van der Waals surface area contributed by atoms with Crippen molar-refractivity contribution in [1.82, 2.24) is 9.71 Å². The number of pyridine rings is 1. The van der Waals surface area contributed by atoms with Crippen molar-refractivity contribution in [2.75, 3.05) is 0 Å². The lowest BCUT2D eigenvalue weighted by atomic mass is 10.1. The van der Waals surface area contributed by atoms with Crippen LogP contribution in [0.2, 0.25) is 0 Å². The fourth-order valence-electron chi connectivity index (χ4n) is 1.59. The van der Waals surface area contributed by atoms with E-state index in [1.807, 2.05) is 0 Å². The Morgan fingerprint density at radius 1 is 1.15 bits per heavy atom. The third-order valence-corrected chi connectivity index (χ3v) is 3.71. The average Bonchev–Trinajstić information content (AvgIpc) is 2.38. The highest BCUT2D eigenvalue weighted by Gasteiger charge is 2.09. The van der Waals surface area contributed by atoms with E-state index in [4.69, 9.17) is 0 Å². The zero-order valence-corrected chi connectivity index (χ0v) is 13.9. The summed E-state index contributed by atoms with van der Waals surface area (Å²) >= 11 is 10.6. The normalized spacial score (nSPS) is 11.6. The maximum atomic E-state index is 13.2. The Kier molecular flexibility index (Phi) is 5.17. The van der Waals surface area contributed by atoms with Crippen LogP contribution in [0.3, 0.4) is 0 Å². The molecule has 1 aromatic carbocycles. The predicted molar refractivity (Wildman–Crippen MR) is 86.0 cm³/mol. The molecule has 2 nitrogen and oxygen atoms in total. The molecule has 0 saturated heterocycles. The summed E-state index contributed by atoms with van der Waals surface area (Å²) in [5, 5.41) is 0. The quantitative estimate of drug-likeness (QED) is 0.548. The molecular formula is C13H8Br2F2N2S.